The number of carbonyl (C=O) groups excluding carboxylic acids is 1. The van der Waals surface area contributed by atoms with E-state index in [-0.39, 0.29) is 17.4 Å². The van der Waals surface area contributed by atoms with E-state index in [4.69, 9.17) is 10.00 Å². The van der Waals surface area contributed by atoms with E-state index in [1.54, 1.807) is 17.0 Å². The average Bonchev–Trinajstić information content (AvgIpc) is 2.62. The normalized spacial score (nSPS) is 16.6. The van der Waals surface area contributed by atoms with Crippen LogP contribution in [0, 0.1) is 16.9 Å². The molecule has 0 spiro atoms. The minimum absolute atomic E-state index is 0.00486. The molecule has 1 atom stereocenters. The third kappa shape index (κ3) is 5.46. The number of amides is 1. The second kappa shape index (κ2) is 8.68. The van der Waals surface area contributed by atoms with Gasteiger partial charge < -0.3 is 15.0 Å². The fourth-order valence-corrected chi connectivity index (χ4v) is 2.32. The molecular weight excluding hydrogens is 330 g/mol. The Morgan fingerprint density at radius 2 is 1.88 bits per heavy atom. The van der Waals surface area contributed by atoms with E-state index in [1.807, 2.05) is 25.2 Å². The largest absolute Gasteiger partial charge is 0.378 e. The van der Waals surface area contributed by atoms with Crippen molar-refractivity contribution < 1.29 is 9.53 Å². The van der Waals surface area contributed by atoms with Gasteiger partial charge in [-0.05, 0) is 36.6 Å². The Labute approximate surface area is 155 Å². The van der Waals surface area contributed by atoms with Crippen LogP contribution in [0.2, 0.25) is 0 Å². The van der Waals surface area contributed by atoms with Crippen LogP contribution in [0.4, 0.5) is 5.69 Å². The fourth-order valence-electron chi connectivity index (χ4n) is 2.32. The molecule has 26 heavy (non-hydrogen) atoms. The highest BCUT2D eigenvalue weighted by Crippen LogP contribution is 2.22. The Morgan fingerprint density at radius 3 is 2.42 bits per heavy atom. The standard InChI is InChI=1S/C19H27N5O2/c1-14(19(2,3)4)22-18(21-13-20)23-16-7-5-15(6-8-16)17(25)24-9-11-26-12-10-24/h5-8,14H,9-12H2,1-4H3,(H2,21,22,23). The van der Waals surface area contributed by atoms with Gasteiger partial charge in [0.05, 0.1) is 19.3 Å². The molecule has 1 unspecified atom stereocenters. The Bertz CT molecular complexity index is 679. The first kappa shape index (κ1) is 19.7. The molecular formula is C19H27N5O2. The van der Waals surface area contributed by atoms with Crippen LogP contribution in [0.3, 0.4) is 0 Å². The van der Waals surface area contributed by atoms with Crippen molar-refractivity contribution in [3.8, 4) is 6.19 Å². The average molecular weight is 357 g/mol. The van der Waals surface area contributed by atoms with Crippen LogP contribution >= 0.6 is 0 Å². The Kier molecular flexibility index (Phi) is 6.58. The summed E-state index contributed by atoms with van der Waals surface area (Å²) in [5.41, 5.74) is 1.37. The zero-order valence-electron chi connectivity index (χ0n) is 15.9. The molecule has 0 saturated carbocycles. The Hall–Kier alpha value is -2.59. The number of aliphatic imine (C=N–C) groups is 1. The van der Waals surface area contributed by atoms with Gasteiger partial charge in [0, 0.05) is 24.3 Å². The number of hydrogen-bond acceptors (Lipinski definition) is 4. The zero-order valence-corrected chi connectivity index (χ0v) is 15.9. The molecule has 1 aromatic carbocycles. The lowest BCUT2D eigenvalue weighted by Crippen LogP contribution is -2.40. The van der Waals surface area contributed by atoms with E-state index < -0.39 is 0 Å². The van der Waals surface area contributed by atoms with Crippen molar-refractivity contribution >= 4 is 17.6 Å². The van der Waals surface area contributed by atoms with Crippen molar-refractivity contribution in [2.24, 2.45) is 10.4 Å². The third-order valence-electron chi connectivity index (χ3n) is 4.44. The van der Waals surface area contributed by atoms with Crippen LogP contribution < -0.4 is 10.6 Å². The van der Waals surface area contributed by atoms with Gasteiger partial charge in [0.2, 0.25) is 5.96 Å². The fraction of sp³-hybridized carbons (Fsp3) is 0.526. The van der Waals surface area contributed by atoms with Gasteiger partial charge in [-0.1, -0.05) is 20.8 Å². The van der Waals surface area contributed by atoms with E-state index in [0.29, 0.717) is 37.8 Å². The van der Waals surface area contributed by atoms with Gasteiger partial charge in [0.25, 0.3) is 5.91 Å². The minimum Gasteiger partial charge on any atom is -0.378 e. The number of rotatable bonds is 3. The van der Waals surface area contributed by atoms with Crippen molar-refractivity contribution in [3.63, 3.8) is 0 Å². The molecule has 0 radical (unpaired) electrons. The van der Waals surface area contributed by atoms with Gasteiger partial charge >= 0.3 is 0 Å². The zero-order chi connectivity index (χ0) is 19.2. The number of anilines is 1. The van der Waals surface area contributed by atoms with E-state index in [9.17, 15) is 4.79 Å². The van der Waals surface area contributed by atoms with Gasteiger partial charge in [0.15, 0.2) is 6.19 Å². The van der Waals surface area contributed by atoms with Crippen molar-refractivity contribution in [2.45, 2.75) is 33.7 Å². The summed E-state index contributed by atoms with van der Waals surface area (Å²) in [5.74, 6) is 0.396. The summed E-state index contributed by atoms with van der Waals surface area (Å²) < 4.78 is 5.28. The molecule has 1 amide bonds. The molecule has 2 rings (SSSR count). The number of ether oxygens (including phenoxy) is 1. The second-order valence-corrected chi connectivity index (χ2v) is 7.36. The van der Waals surface area contributed by atoms with E-state index in [2.05, 4.69) is 36.4 Å². The molecule has 7 heteroatoms. The van der Waals surface area contributed by atoms with Crippen LogP contribution in [0.25, 0.3) is 0 Å². The second-order valence-electron chi connectivity index (χ2n) is 7.36. The first-order chi connectivity index (χ1) is 12.3. The summed E-state index contributed by atoms with van der Waals surface area (Å²) in [5, 5.41) is 14.6. The van der Waals surface area contributed by atoms with Crippen LogP contribution in [0.15, 0.2) is 29.3 Å². The summed E-state index contributed by atoms with van der Waals surface area (Å²) >= 11 is 0. The number of guanidine groups is 1. The SMILES string of the molecule is CC(N=C(NC#N)Nc1ccc(C(=O)N2CCOCC2)cc1)C(C)(C)C. The molecule has 0 bridgehead atoms. The summed E-state index contributed by atoms with van der Waals surface area (Å²) in [6, 6.07) is 7.19. The van der Waals surface area contributed by atoms with Crippen LogP contribution in [0.5, 0.6) is 0 Å². The third-order valence-corrected chi connectivity index (χ3v) is 4.44. The number of nitriles is 1. The van der Waals surface area contributed by atoms with E-state index in [0.717, 1.165) is 5.69 Å². The molecule has 1 aliphatic rings. The van der Waals surface area contributed by atoms with E-state index in [1.165, 1.54) is 0 Å². The molecule has 1 aliphatic heterocycles. The van der Waals surface area contributed by atoms with Gasteiger partial charge in [-0.25, -0.2) is 4.99 Å². The van der Waals surface area contributed by atoms with Crippen LogP contribution in [0.1, 0.15) is 38.1 Å². The minimum atomic E-state index is -0.0154. The number of hydrogen-bond donors (Lipinski definition) is 2. The Balaban J connectivity index is 2.07. The number of carbonyl (C=O) groups is 1. The monoisotopic (exact) mass is 357 g/mol. The van der Waals surface area contributed by atoms with E-state index >= 15 is 0 Å². The highest BCUT2D eigenvalue weighted by molar-refractivity contribution is 5.97. The lowest BCUT2D eigenvalue weighted by Gasteiger charge is -2.27. The number of morpholine rings is 1. The predicted octanol–water partition coefficient (Wildman–Crippen LogP) is 2.43. The summed E-state index contributed by atoms with van der Waals surface area (Å²) in [4.78, 5) is 18.8. The molecule has 1 fully saturated rings. The number of nitrogens with zero attached hydrogens (tertiary/aromatic N) is 3. The molecule has 0 aliphatic carbocycles. The Morgan fingerprint density at radius 1 is 1.27 bits per heavy atom. The smallest absolute Gasteiger partial charge is 0.254 e. The highest BCUT2D eigenvalue weighted by Gasteiger charge is 2.20. The molecule has 1 saturated heterocycles. The lowest BCUT2D eigenvalue weighted by atomic mass is 9.88. The van der Waals surface area contributed by atoms with Gasteiger partial charge in [0.1, 0.15) is 0 Å². The summed E-state index contributed by atoms with van der Waals surface area (Å²) in [7, 11) is 0. The van der Waals surface area contributed by atoms with Gasteiger partial charge in [-0.2, -0.15) is 5.26 Å². The summed E-state index contributed by atoms with van der Waals surface area (Å²) in [6.07, 6.45) is 1.90. The van der Waals surface area contributed by atoms with Crippen molar-refractivity contribution in [2.75, 3.05) is 31.6 Å². The highest BCUT2D eigenvalue weighted by atomic mass is 16.5. The van der Waals surface area contributed by atoms with Gasteiger partial charge in [-0.3, -0.25) is 10.1 Å². The number of benzene rings is 1. The lowest BCUT2D eigenvalue weighted by molar-refractivity contribution is 0.0303. The maximum atomic E-state index is 12.5. The van der Waals surface area contributed by atoms with Crippen LogP contribution in [-0.2, 0) is 4.74 Å². The quantitative estimate of drug-likeness (QED) is 0.375. The maximum absolute atomic E-state index is 12.5. The van der Waals surface area contributed by atoms with Gasteiger partial charge in [-0.15, -0.1) is 0 Å². The molecule has 140 valence electrons. The maximum Gasteiger partial charge on any atom is 0.254 e. The van der Waals surface area contributed by atoms with Crippen molar-refractivity contribution in [3.05, 3.63) is 29.8 Å². The molecule has 1 heterocycles. The number of nitrogens with one attached hydrogen (secondary N) is 2. The van der Waals surface area contributed by atoms with Crippen molar-refractivity contribution in [1.82, 2.24) is 10.2 Å². The first-order valence-electron chi connectivity index (χ1n) is 8.78. The molecule has 7 nitrogen and oxygen atoms in total. The molecule has 2 N–H and O–H groups in total. The summed E-state index contributed by atoms with van der Waals surface area (Å²) in [6.45, 7) is 10.7. The van der Waals surface area contributed by atoms with Crippen molar-refractivity contribution in [1.29, 1.82) is 5.26 Å². The predicted molar refractivity (Wildman–Crippen MR) is 102 cm³/mol. The molecule has 1 aromatic rings. The van der Waals surface area contributed by atoms with Crippen LogP contribution in [-0.4, -0.2) is 49.1 Å². The topological polar surface area (TPSA) is 89.8 Å². The first-order valence-corrected chi connectivity index (χ1v) is 8.78. The molecule has 0 aromatic heterocycles.